The van der Waals surface area contributed by atoms with Crippen molar-refractivity contribution in [2.24, 2.45) is 0 Å². The van der Waals surface area contributed by atoms with Crippen LogP contribution in [0.2, 0.25) is 5.02 Å². The number of nitrogens with one attached hydrogen (secondary N) is 1. The zero-order valence-corrected chi connectivity index (χ0v) is 10.3. The van der Waals surface area contributed by atoms with Crippen LogP contribution in [0, 0.1) is 10.1 Å². The molecule has 1 atom stereocenters. The normalized spacial score (nSPS) is 20.5. The van der Waals surface area contributed by atoms with Crippen molar-refractivity contribution in [3.8, 4) is 0 Å². The average Bonchev–Trinajstić information content (AvgIpc) is 2.63. The second kappa shape index (κ2) is 4.89. The second-order valence-electron chi connectivity index (χ2n) is 4.32. The summed E-state index contributed by atoms with van der Waals surface area (Å²) in [4.78, 5) is 12.4. The molecule has 0 spiro atoms. The van der Waals surface area contributed by atoms with E-state index in [9.17, 15) is 10.1 Å². The molecule has 1 aliphatic rings. The molecule has 0 bridgehead atoms. The van der Waals surface area contributed by atoms with Gasteiger partial charge in [-0.15, -0.1) is 0 Å². The lowest BCUT2D eigenvalue weighted by molar-refractivity contribution is -0.384. The summed E-state index contributed by atoms with van der Waals surface area (Å²) in [6.07, 6.45) is 1.07. The number of likely N-dealkylation sites (N-methyl/N-ethyl adjacent to an activating group) is 1. The summed E-state index contributed by atoms with van der Waals surface area (Å²) in [5.41, 5.74) is 0.779. The predicted molar refractivity (Wildman–Crippen MR) is 67.6 cm³/mol. The highest BCUT2D eigenvalue weighted by atomic mass is 35.5. The maximum absolute atomic E-state index is 10.6. The Hall–Kier alpha value is -1.33. The van der Waals surface area contributed by atoms with Gasteiger partial charge in [-0.2, -0.15) is 0 Å². The molecule has 1 saturated heterocycles. The van der Waals surface area contributed by atoms with Crippen molar-refractivity contribution in [3.05, 3.63) is 33.3 Å². The van der Waals surface area contributed by atoms with E-state index in [-0.39, 0.29) is 10.7 Å². The van der Waals surface area contributed by atoms with Crippen LogP contribution in [0.1, 0.15) is 6.42 Å². The first-order valence-corrected chi connectivity index (χ1v) is 5.83. The van der Waals surface area contributed by atoms with Gasteiger partial charge in [-0.25, -0.2) is 0 Å². The van der Waals surface area contributed by atoms with Crippen LogP contribution in [-0.4, -0.2) is 36.0 Å². The molecule has 5 nitrogen and oxygen atoms in total. The van der Waals surface area contributed by atoms with Crippen molar-refractivity contribution in [3.63, 3.8) is 0 Å². The number of nitro benzene ring substituents is 1. The molecule has 92 valence electrons. The largest absolute Gasteiger partial charge is 0.381 e. The van der Waals surface area contributed by atoms with Gasteiger partial charge in [0, 0.05) is 24.3 Å². The third-order valence-corrected chi connectivity index (χ3v) is 3.21. The van der Waals surface area contributed by atoms with Crippen LogP contribution >= 0.6 is 11.6 Å². The van der Waals surface area contributed by atoms with E-state index in [2.05, 4.69) is 17.3 Å². The van der Waals surface area contributed by atoms with Crippen molar-refractivity contribution in [1.82, 2.24) is 4.90 Å². The minimum atomic E-state index is -0.477. The Balaban J connectivity index is 2.07. The number of benzene rings is 1. The fourth-order valence-corrected chi connectivity index (χ4v) is 2.28. The molecule has 1 unspecified atom stereocenters. The van der Waals surface area contributed by atoms with Gasteiger partial charge in [0.2, 0.25) is 0 Å². The van der Waals surface area contributed by atoms with E-state index in [4.69, 9.17) is 11.6 Å². The monoisotopic (exact) mass is 255 g/mol. The molecular weight excluding hydrogens is 242 g/mol. The molecule has 0 aromatic heterocycles. The first-order chi connectivity index (χ1) is 8.06. The van der Waals surface area contributed by atoms with E-state index in [0.717, 1.165) is 25.2 Å². The average molecular weight is 256 g/mol. The summed E-state index contributed by atoms with van der Waals surface area (Å²) >= 11 is 5.85. The first kappa shape index (κ1) is 12.1. The number of nitro groups is 1. The van der Waals surface area contributed by atoms with E-state index < -0.39 is 4.92 Å². The van der Waals surface area contributed by atoms with Crippen LogP contribution < -0.4 is 5.32 Å². The Morgan fingerprint density at radius 2 is 2.35 bits per heavy atom. The van der Waals surface area contributed by atoms with Crippen LogP contribution in [0.5, 0.6) is 0 Å². The number of rotatable bonds is 3. The standard InChI is InChI=1S/C11H14ClN3O2/c1-14-5-4-9(7-14)13-8-2-3-11(15(16)17)10(12)6-8/h2-3,6,9,13H,4-5,7H2,1H3. The van der Waals surface area contributed by atoms with Gasteiger partial charge in [-0.1, -0.05) is 11.6 Å². The van der Waals surface area contributed by atoms with Gasteiger partial charge < -0.3 is 10.2 Å². The quantitative estimate of drug-likeness (QED) is 0.665. The first-order valence-electron chi connectivity index (χ1n) is 5.45. The molecule has 17 heavy (non-hydrogen) atoms. The van der Waals surface area contributed by atoms with Gasteiger partial charge in [0.25, 0.3) is 5.69 Å². The van der Waals surface area contributed by atoms with Gasteiger partial charge >= 0.3 is 0 Å². The van der Waals surface area contributed by atoms with Crippen molar-refractivity contribution >= 4 is 23.0 Å². The van der Waals surface area contributed by atoms with Crippen LogP contribution in [0.15, 0.2) is 18.2 Å². The molecule has 6 heteroatoms. The number of anilines is 1. The van der Waals surface area contributed by atoms with Crippen LogP contribution in [0.25, 0.3) is 0 Å². The van der Waals surface area contributed by atoms with E-state index in [1.54, 1.807) is 12.1 Å². The summed E-state index contributed by atoms with van der Waals surface area (Å²) in [6.45, 7) is 2.05. The SMILES string of the molecule is CN1CCC(Nc2ccc([N+](=O)[O-])c(Cl)c2)C1. The smallest absolute Gasteiger partial charge is 0.288 e. The van der Waals surface area contributed by atoms with Crippen molar-refractivity contribution in [2.75, 3.05) is 25.5 Å². The van der Waals surface area contributed by atoms with E-state index in [0.29, 0.717) is 6.04 Å². The summed E-state index contributed by atoms with van der Waals surface area (Å²) in [5.74, 6) is 0. The Labute approximate surface area is 105 Å². The minimum Gasteiger partial charge on any atom is -0.381 e. The molecule has 0 amide bonds. The van der Waals surface area contributed by atoms with Crippen LogP contribution in [0.4, 0.5) is 11.4 Å². The number of nitrogens with zero attached hydrogens (tertiary/aromatic N) is 2. The molecule has 1 aliphatic heterocycles. The Morgan fingerprint density at radius 3 is 2.88 bits per heavy atom. The summed E-state index contributed by atoms with van der Waals surface area (Å²) in [7, 11) is 2.07. The van der Waals surface area contributed by atoms with Gasteiger partial charge in [-0.05, 0) is 32.1 Å². The summed E-state index contributed by atoms with van der Waals surface area (Å²) in [6, 6.07) is 5.13. The van der Waals surface area contributed by atoms with Crippen molar-refractivity contribution < 1.29 is 4.92 Å². The fraction of sp³-hybridized carbons (Fsp3) is 0.455. The lowest BCUT2D eigenvalue weighted by Gasteiger charge is -2.14. The highest BCUT2D eigenvalue weighted by molar-refractivity contribution is 6.32. The third kappa shape index (κ3) is 2.87. The third-order valence-electron chi connectivity index (χ3n) is 2.91. The Morgan fingerprint density at radius 1 is 1.59 bits per heavy atom. The molecule has 0 saturated carbocycles. The molecule has 0 radical (unpaired) electrons. The zero-order chi connectivity index (χ0) is 12.4. The molecule has 1 heterocycles. The van der Waals surface area contributed by atoms with Crippen molar-refractivity contribution in [1.29, 1.82) is 0 Å². The second-order valence-corrected chi connectivity index (χ2v) is 4.72. The highest BCUT2D eigenvalue weighted by Crippen LogP contribution is 2.28. The van der Waals surface area contributed by atoms with Gasteiger partial charge in [-0.3, -0.25) is 10.1 Å². The predicted octanol–water partition coefficient (Wildman–Crippen LogP) is 2.36. The topological polar surface area (TPSA) is 58.4 Å². The van der Waals surface area contributed by atoms with Crippen LogP contribution in [-0.2, 0) is 0 Å². The maximum Gasteiger partial charge on any atom is 0.288 e. The lowest BCUT2D eigenvalue weighted by atomic mass is 10.2. The molecule has 2 rings (SSSR count). The Bertz CT molecular complexity index is 439. The van der Waals surface area contributed by atoms with E-state index in [1.807, 2.05) is 0 Å². The summed E-state index contributed by atoms with van der Waals surface area (Å²) in [5, 5.41) is 14.1. The fourth-order valence-electron chi connectivity index (χ4n) is 2.03. The minimum absolute atomic E-state index is 0.0549. The number of hydrogen-bond donors (Lipinski definition) is 1. The lowest BCUT2D eigenvalue weighted by Crippen LogP contribution is -2.23. The molecule has 1 fully saturated rings. The van der Waals surface area contributed by atoms with Gasteiger partial charge in [0.05, 0.1) is 4.92 Å². The molecule has 0 aliphatic carbocycles. The number of halogens is 1. The number of hydrogen-bond acceptors (Lipinski definition) is 4. The van der Waals surface area contributed by atoms with Gasteiger partial charge in [0.15, 0.2) is 0 Å². The highest BCUT2D eigenvalue weighted by Gasteiger charge is 2.20. The van der Waals surface area contributed by atoms with Crippen molar-refractivity contribution in [2.45, 2.75) is 12.5 Å². The maximum atomic E-state index is 10.6. The van der Waals surface area contributed by atoms with Crippen LogP contribution in [0.3, 0.4) is 0 Å². The molecule has 1 aromatic rings. The molecule has 1 aromatic carbocycles. The zero-order valence-electron chi connectivity index (χ0n) is 9.52. The van der Waals surface area contributed by atoms with Gasteiger partial charge in [0.1, 0.15) is 5.02 Å². The summed E-state index contributed by atoms with van der Waals surface area (Å²) < 4.78 is 0. The van der Waals surface area contributed by atoms with E-state index in [1.165, 1.54) is 6.07 Å². The Kier molecular flexibility index (Phi) is 3.49. The number of likely N-dealkylation sites (tertiary alicyclic amines) is 1. The van der Waals surface area contributed by atoms with E-state index >= 15 is 0 Å². The molecule has 1 N–H and O–H groups in total. The molecular formula is C11H14ClN3O2.